The second-order valence-electron chi connectivity index (χ2n) is 6.10. The van der Waals surface area contributed by atoms with Gasteiger partial charge in [-0.15, -0.1) is 0 Å². The smallest absolute Gasteiger partial charge is 0.327 e. The number of nitrogens with two attached hydrogens (primary N) is 1. The molecule has 142 valence electrons. The molecule has 1 saturated heterocycles. The van der Waals surface area contributed by atoms with Gasteiger partial charge in [-0.25, -0.2) is 14.8 Å². The van der Waals surface area contributed by atoms with Crippen LogP contribution in [0.25, 0.3) is 0 Å². The van der Waals surface area contributed by atoms with Crippen LogP contribution in [0.2, 0.25) is 5.02 Å². The van der Waals surface area contributed by atoms with E-state index in [9.17, 15) is 9.59 Å². The van der Waals surface area contributed by atoms with E-state index in [1.807, 2.05) is 17.0 Å². The van der Waals surface area contributed by atoms with Gasteiger partial charge in [-0.1, -0.05) is 23.7 Å². The topological polar surface area (TPSA) is 102 Å². The van der Waals surface area contributed by atoms with Crippen LogP contribution in [0.1, 0.15) is 22.1 Å². The van der Waals surface area contributed by atoms with Gasteiger partial charge in [0.15, 0.2) is 11.5 Å². The number of carbonyl (C=O) groups is 2. The zero-order chi connectivity index (χ0) is 19.4. The number of hydrogen-bond acceptors (Lipinski definition) is 7. The first kappa shape index (κ1) is 19.1. The first-order valence-corrected chi connectivity index (χ1v) is 8.82. The molecule has 1 fully saturated rings. The highest BCUT2D eigenvalue weighted by molar-refractivity contribution is 6.30. The summed E-state index contributed by atoms with van der Waals surface area (Å²) >= 11 is 5.95. The number of piperazine rings is 1. The van der Waals surface area contributed by atoms with Crippen molar-refractivity contribution in [3.63, 3.8) is 0 Å². The molecule has 3 rings (SSSR count). The molecule has 2 heterocycles. The van der Waals surface area contributed by atoms with Gasteiger partial charge in [0.2, 0.25) is 0 Å². The standard InChI is InChI=1S/C18H20ClN5O3/c1-27-18(26)15(12-2-4-13(19)5-3-12)23-8-10-24(11-9-23)17(25)14-16(20)22-7-6-21-14/h2-7,15H,8-11H2,1H3,(H2,20,22). The molecule has 1 atom stereocenters. The van der Waals surface area contributed by atoms with E-state index < -0.39 is 6.04 Å². The van der Waals surface area contributed by atoms with Gasteiger partial charge >= 0.3 is 5.97 Å². The number of benzene rings is 1. The number of amides is 1. The van der Waals surface area contributed by atoms with Gasteiger partial charge in [0, 0.05) is 43.6 Å². The molecule has 8 nitrogen and oxygen atoms in total. The molecule has 2 aromatic rings. The Labute approximate surface area is 161 Å². The van der Waals surface area contributed by atoms with E-state index in [-0.39, 0.29) is 23.4 Å². The third-order valence-corrected chi connectivity index (χ3v) is 4.76. The average molecular weight is 390 g/mol. The van der Waals surface area contributed by atoms with Crippen molar-refractivity contribution in [2.24, 2.45) is 0 Å². The summed E-state index contributed by atoms with van der Waals surface area (Å²) in [6, 6.07) is 6.54. The maximum absolute atomic E-state index is 12.6. The van der Waals surface area contributed by atoms with Crippen molar-refractivity contribution in [2.75, 3.05) is 39.0 Å². The zero-order valence-electron chi connectivity index (χ0n) is 14.8. The number of ether oxygens (including phenoxy) is 1. The van der Waals surface area contributed by atoms with Crippen LogP contribution < -0.4 is 5.73 Å². The van der Waals surface area contributed by atoms with Crippen molar-refractivity contribution in [1.29, 1.82) is 0 Å². The monoisotopic (exact) mass is 389 g/mol. The lowest BCUT2D eigenvalue weighted by atomic mass is 10.0. The molecule has 1 aromatic heterocycles. The van der Waals surface area contributed by atoms with Crippen LogP contribution in [0.3, 0.4) is 0 Å². The first-order valence-electron chi connectivity index (χ1n) is 8.44. The number of aromatic nitrogens is 2. The molecule has 1 amide bonds. The number of rotatable bonds is 4. The fraction of sp³-hybridized carbons (Fsp3) is 0.333. The van der Waals surface area contributed by atoms with Crippen molar-refractivity contribution in [3.05, 3.63) is 52.9 Å². The molecule has 0 aliphatic carbocycles. The van der Waals surface area contributed by atoms with Gasteiger partial charge in [-0.3, -0.25) is 9.69 Å². The van der Waals surface area contributed by atoms with Crippen molar-refractivity contribution in [3.8, 4) is 0 Å². The van der Waals surface area contributed by atoms with Gasteiger partial charge in [0.1, 0.15) is 6.04 Å². The summed E-state index contributed by atoms with van der Waals surface area (Å²) in [4.78, 5) is 36.6. The Morgan fingerprint density at radius 1 is 1.11 bits per heavy atom. The van der Waals surface area contributed by atoms with E-state index in [0.29, 0.717) is 31.2 Å². The minimum atomic E-state index is -0.550. The second kappa shape index (κ2) is 8.32. The Balaban J connectivity index is 1.72. The largest absolute Gasteiger partial charge is 0.468 e. The number of nitrogens with zero attached hydrogens (tertiary/aromatic N) is 4. The fourth-order valence-corrected chi connectivity index (χ4v) is 3.23. The van der Waals surface area contributed by atoms with Crippen LogP contribution >= 0.6 is 11.6 Å². The van der Waals surface area contributed by atoms with Crippen molar-refractivity contribution >= 4 is 29.3 Å². The number of halogens is 1. The van der Waals surface area contributed by atoms with Gasteiger partial charge in [-0.05, 0) is 17.7 Å². The maximum atomic E-state index is 12.6. The maximum Gasteiger partial charge on any atom is 0.327 e. The second-order valence-corrected chi connectivity index (χ2v) is 6.53. The van der Waals surface area contributed by atoms with Crippen LogP contribution in [0.15, 0.2) is 36.7 Å². The molecule has 1 aliphatic heterocycles. The van der Waals surface area contributed by atoms with Crippen molar-refractivity contribution in [2.45, 2.75) is 6.04 Å². The summed E-state index contributed by atoms with van der Waals surface area (Å²) in [6.07, 6.45) is 2.88. The lowest BCUT2D eigenvalue weighted by Gasteiger charge is -2.38. The van der Waals surface area contributed by atoms with Crippen LogP contribution in [0.5, 0.6) is 0 Å². The Morgan fingerprint density at radius 3 is 2.33 bits per heavy atom. The Kier molecular flexibility index (Phi) is 5.88. The molecule has 1 aliphatic rings. The number of carbonyl (C=O) groups excluding carboxylic acids is 2. The molecule has 27 heavy (non-hydrogen) atoms. The SMILES string of the molecule is COC(=O)C(c1ccc(Cl)cc1)N1CCN(C(=O)c2nccnc2N)CC1. The quantitative estimate of drug-likeness (QED) is 0.788. The average Bonchev–Trinajstić information content (AvgIpc) is 2.70. The lowest BCUT2D eigenvalue weighted by molar-refractivity contribution is -0.148. The highest BCUT2D eigenvalue weighted by Crippen LogP contribution is 2.25. The summed E-state index contributed by atoms with van der Waals surface area (Å²) in [5.41, 5.74) is 6.69. The molecule has 1 unspecified atom stereocenters. The van der Waals surface area contributed by atoms with E-state index in [0.717, 1.165) is 5.56 Å². The number of hydrogen-bond donors (Lipinski definition) is 1. The van der Waals surface area contributed by atoms with Gasteiger partial charge in [0.05, 0.1) is 7.11 Å². The van der Waals surface area contributed by atoms with E-state index in [4.69, 9.17) is 22.1 Å². The minimum absolute atomic E-state index is 0.110. The summed E-state index contributed by atoms with van der Waals surface area (Å²) in [6.45, 7) is 1.90. The molecule has 0 radical (unpaired) electrons. The third kappa shape index (κ3) is 4.17. The first-order chi connectivity index (χ1) is 13.0. The fourth-order valence-electron chi connectivity index (χ4n) is 3.10. The summed E-state index contributed by atoms with van der Waals surface area (Å²) in [5, 5.41) is 0.597. The predicted molar refractivity (Wildman–Crippen MR) is 100 cm³/mol. The van der Waals surface area contributed by atoms with E-state index in [1.165, 1.54) is 19.5 Å². The number of esters is 1. The van der Waals surface area contributed by atoms with Crippen LogP contribution in [0.4, 0.5) is 5.82 Å². The minimum Gasteiger partial charge on any atom is -0.468 e. The van der Waals surface area contributed by atoms with Crippen LogP contribution in [-0.4, -0.2) is 64.9 Å². The van der Waals surface area contributed by atoms with E-state index in [1.54, 1.807) is 17.0 Å². The Hall–Kier alpha value is -2.71. The van der Waals surface area contributed by atoms with E-state index in [2.05, 4.69) is 9.97 Å². The molecular formula is C18H20ClN5O3. The van der Waals surface area contributed by atoms with Crippen LogP contribution in [-0.2, 0) is 9.53 Å². The predicted octanol–water partition coefficient (Wildman–Crippen LogP) is 1.38. The number of methoxy groups -OCH3 is 1. The lowest BCUT2D eigenvalue weighted by Crippen LogP contribution is -2.51. The molecule has 0 saturated carbocycles. The molecule has 1 aromatic carbocycles. The van der Waals surface area contributed by atoms with Crippen LogP contribution in [0, 0.1) is 0 Å². The molecule has 0 bridgehead atoms. The van der Waals surface area contributed by atoms with Gasteiger partial charge in [-0.2, -0.15) is 0 Å². The summed E-state index contributed by atoms with van der Waals surface area (Å²) in [5.74, 6) is -0.504. The number of anilines is 1. The van der Waals surface area contributed by atoms with Gasteiger partial charge < -0.3 is 15.4 Å². The Morgan fingerprint density at radius 2 is 1.74 bits per heavy atom. The molecule has 9 heteroatoms. The highest BCUT2D eigenvalue weighted by atomic mass is 35.5. The highest BCUT2D eigenvalue weighted by Gasteiger charge is 2.33. The summed E-state index contributed by atoms with van der Waals surface area (Å²) < 4.78 is 4.98. The zero-order valence-corrected chi connectivity index (χ0v) is 15.6. The molecular weight excluding hydrogens is 370 g/mol. The van der Waals surface area contributed by atoms with Crippen molar-refractivity contribution in [1.82, 2.24) is 19.8 Å². The Bertz CT molecular complexity index is 822. The normalized spacial score (nSPS) is 16.0. The number of nitrogen functional groups attached to an aromatic ring is 1. The van der Waals surface area contributed by atoms with E-state index >= 15 is 0 Å². The van der Waals surface area contributed by atoms with Gasteiger partial charge in [0.25, 0.3) is 5.91 Å². The van der Waals surface area contributed by atoms with Crippen molar-refractivity contribution < 1.29 is 14.3 Å². The molecule has 0 spiro atoms. The third-order valence-electron chi connectivity index (χ3n) is 4.51. The molecule has 2 N–H and O–H groups in total. The summed E-state index contributed by atoms with van der Waals surface area (Å²) in [7, 11) is 1.36.